The molecule has 31 heavy (non-hydrogen) atoms. The zero-order valence-electron chi connectivity index (χ0n) is 16.9. The largest absolute Gasteiger partial charge is 0.497 e. The highest BCUT2D eigenvalue weighted by atomic mass is 19.1. The number of rotatable bonds is 7. The van der Waals surface area contributed by atoms with Crippen molar-refractivity contribution in [2.75, 3.05) is 13.7 Å². The Labute approximate surface area is 177 Å². The third-order valence-electron chi connectivity index (χ3n) is 4.95. The number of carbonyl (C=O) groups excluding carboxylic acids is 1. The summed E-state index contributed by atoms with van der Waals surface area (Å²) < 4.78 is 21.5. The van der Waals surface area contributed by atoms with Crippen LogP contribution in [0.15, 0.2) is 71.7 Å². The lowest BCUT2D eigenvalue weighted by Gasteiger charge is -2.10. The van der Waals surface area contributed by atoms with E-state index in [4.69, 9.17) is 4.74 Å². The van der Waals surface area contributed by atoms with E-state index < -0.39 is 0 Å². The Kier molecular flexibility index (Phi) is 5.79. The Hall–Kier alpha value is -3.94. The molecule has 158 valence electrons. The number of nitrogens with zero attached hydrogens (tertiary/aromatic N) is 3. The molecule has 0 radical (unpaired) electrons. The molecule has 8 heteroatoms. The van der Waals surface area contributed by atoms with Gasteiger partial charge in [-0.25, -0.2) is 9.07 Å². The van der Waals surface area contributed by atoms with Crippen molar-refractivity contribution in [3.05, 3.63) is 83.0 Å². The Balaban J connectivity index is 1.38. The molecule has 2 heterocycles. The summed E-state index contributed by atoms with van der Waals surface area (Å²) in [5.41, 5.74) is 1.81. The molecule has 0 aliphatic rings. The van der Waals surface area contributed by atoms with Gasteiger partial charge < -0.3 is 14.6 Å². The summed E-state index contributed by atoms with van der Waals surface area (Å²) in [7, 11) is 1.63. The van der Waals surface area contributed by atoms with Gasteiger partial charge in [-0.1, -0.05) is 0 Å². The summed E-state index contributed by atoms with van der Waals surface area (Å²) in [6, 6.07) is 16.5. The SMILES string of the molecule is COc1ccc2c(ccn2CCNC(=O)Cn2nc(-c3ccc(F)cc3)ccc2=O)c1. The molecule has 7 nitrogen and oxygen atoms in total. The van der Waals surface area contributed by atoms with Gasteiger partial charge in [0.15, 0.2) is 0 Å². The second kappa shape index (κ2) is 8.83. The zero-order chi connectivity index (χ0) is 21.8. The number of ether oxygens (including phenoxy) is 1. The maximum atomic E-state index is 13.1. The smallest absolute Gasteiger partial charge is 0.267 e. The first-order chi connectivity index (χ1) is 15.0. The fraction of sp³-hybridized carbons (Fsp3) is 0.174. The van der Waals surface area contributed by atoms with Crippen LogP contribution in [-0.2, 0) is 17.9 Å². The quantitative estimate of drug-likeness (QED) is 0.499. The lowest BCUT2D eigenvalue weighted by molar-refractivity contribution is -0.121. The molecule has 0 unspecified atom stereocenters. The average Bonchev–Trinajstić information content (AvgIpc) is 3.18. The van der Waals surface area contributed by atoms with Crippen molar-refractivity contribution in [2.45, 2.75) is 13.1 Å². The molecule has 4 rings (SSSR count). The Morgan fingerprint density at radius 3 is 2.68 bits per heavy atom. The molecule has 0 saturated heterocycles. The Morgan fingerprint density at radius 1 is 1.10 bits per heavy atom. The molecule has 0 atom stereocenters. The van der Waals surface area contributed by atoms with E-state index in [-0.39, 0.29) is 23.8 Å². The van der Waals surface area contributed by atoms with Crippen molar-refractivity contribution in [1.29, 1.82) is 0 Å². The summed E-state index contributed by atoms with van der Waals surface area (Å²) in [6.07, 6.45) is 1.95. The van der Waals surface area contributed by atoms with E-state index in [2.05, 4.69) is 10.4 Å². The summed E-state index contributed by atoms with van der Waals surface area (Å²) in [5, 5.41) is 8.10. The van der Waals surface area contributed by atoms with Crippen LogP contribution in [0.1, 0.15) is 0 Å². The molecule has 1 N–H and O–H groups in total. The summed E-state index contributed by atoms with van der Waals surface area (Å²) in [5.74, 6) is 0.120. The highest BCUT2D eigenvalue weighted by Crippen LogP contribution is 2.21. The standard InChI is InChI=1S/C23H21FN4O3/c1-31-19-6-8-21-17(14-19)10-12-27(21)13-11-25-22(29)15-28-23(30)9-7-20(26-28)16-2-4-18(24)5-3-16/h2-10,12,14H,11,13,15H2,1H3,(H,25,29). The van der Waals surface area contributed by atoms with Crippen LogP contribution in [0.3, 0.4) is 0 Å². The highest BCUT2D eigenvalue weighted by molar-refractivity contribution is 5.81. The minimum absolute atomic E-state index is 0.197. The van der Waals surface area contributed by atoms with Gasteiger partial charge in [-0.05, 0) is 54.6 Å². The van der Waals surface area contributed by atoms with Gasteiger partial charge in [-0.3, -0.25) is 9.59 Å². The van der Waals surface area contributed by atoms with E-state index in [1.165, 1.54) is 18.2 Å². The van der Waals surface area contributed by atoms with E-state index >= 15 is 0 Å². The van der Waals surface area contributed by atoms with Crippen molar-refractivity contribution in [1.82, 2.24) is 19.7 Å². The molecule has 0 spiro atoms. The third-order valence-corrected chi connectivity index (χ3v) is 4.95. The Morgan fingerprint density at radius 2 is 1.90 bits per heavy atom. The molecule has 0 fully saturated rings. The molecule has 0 aliphatic carbocycles. The van der Waals surface area contributed by atoms with Crippen molar-refractivity contribution in [3.8, 4) is 17.0 Å². The van der Waals surface area contributed by atoms with Crippen molar-refractivity contribution in [2.24, 2.45) is 0 Å². The van der Waals surface area contributed by atoms with Crippen LogP contribution in [-0.4, -0.2) is 33.9 Å². The molecular formula is C23H21FN4O3. The van der Waals surface area contributed by atoms with Crippen LogP contribution >= 0.6 is 0 Å². The van der Waals surface area contributed by atoms with Crippen LogP contribution in [0, 0.1) is 5.82 Å². The van der Waals surface area contributed by atoms with Crippen LogP contribution in [0.5, 0.6) is 5.75 Å². The predicted molar refractivity (Wildman–Crippen MR) is 115 cm³/mol. The van der Waals surface area contributed by atoms with Crippen LogP contribution in [0.4, 0.5) is 4.39 Å². The number of amides is 1. The lowest BCUT2D eigenvalue weighted by atomic mass is 10.1. The third kappa shape index (κ3) is 4.63. The Bertz CT molecular complexity index is 1280. The van der Waals surface area contributed by atoms with Gasteiger partial charge in [-0.2, -0.15) is 5.10 Å². The number of nitrogens with one attached hydrogen (secondary N) is 1. The second-order valence-corrected chi connectivity index (χ2v) is 7.01. The van der Waals surface area contributed by atoms with Gasteiger partial charge >= 0.3 is 0 Å². The van der Waals surface area contributed by atoms with Crippen LogP contribution in [0.2, 0.25) is 0 Å². The average molecular weight is 420 g/mol. The first-order valence-corrected chi connectivity index (χ1v) is 9.77. The van der Waals surface area contributed by atoms with Gasteiger partial charge in [0.2, 0.25) is 5.91 Å². The number of methoxy groups -OCH3 is 1. The molecule has 4 aromatic rings. The fourth-order valence-corrected chi connectivity index (χ4v) is 3.34. The van der Waals surface area contributed by atoms with Crippen LogP contribution < -0.4 is 15.6 Å². The van der Waals surface area contributed by atoms with E-state index in [1.54, 1.807) is 25.3 Å². The van der Waals surface area contributed by atoms with Gasteiger partial charge in [0.25, 0.3) is 5.56 Å². The molecule has 0 bridgehead atoms. The maximum absolute atomic E-state index is 13.1. The highest BCUT2D eigenvalue weighted by Gasteiger charge is 2.09. The van der Waals surface area contributed by atoms with E-state index in [1.807, 2.05) is 35.0 Å². The molecule has 0 saturated carbocycles. The summed E-state index contributed by atoms with van der Waals surface area (Å²) in [6.45, 7) is 0.790. The van der Waals surface area contributed by atoms with Crippen LogP contribution in [0.25, 0.3) is 22.2 Å². The molecule has 1 amide bonds. The number of aromatic nitrogens is 3. The summed E-state index contributed by atoms with van der Waals surface area (Å²) in [4.78, 5) is 24.4. The minimum atomic E-state index is -0.383. The first-order valence-electron chi connectivity index (χ1n) is 9.77. The number of hydrogen-bond acceptors (Lipinski definition) is 4. The number of carbonyl (C=O) groups is 1. The van der Waals surface area contributed by atoms with Crippen molar-refractivity contribution < 1.29 is 13.9 Å². The van der Waals surface area contributed by atoms with Gasteiger partial charge in [0.05, 0.1) is 12.8 Å². The number of fused-ring (bicyclic) bond motifs is 1. The van der Waals surface area contributed by atoms with Crippen molar-refractivity contribution in [3.63, 3.8) is 0 Å². The van der Waals surface area contributed by atoms with E-state index in [9.17, 15) is 14.0 Å². The fourth-order valence-electron chi connectivity index (χ4n) is 3.34. The van der Waals surface area contributed by atoms with Gasteiger partial charge in [0, 0.05) is 41.8 Å². The van der Waals surface area contributed by atoms with E-state index in [0.717, 1.165) is 21.3 Å². The normalized spacial score (nSPS) is 10.9. The van der Waals surface area contributed by atoms with Gasteiger partial charge in [0.1, 0.15) is 18.1 Å². The maximum Gasteiger partial charge on any atom is 0.267 e. The minimum Gasteiger partial charge on any atom is -0.497 e. The van der Waals surface area contributed by atoms with Gasteiger partial charge in [-0.15, -0.1) is 0 Å². The second-order valence-electron chi connectivity index (χ2n) is 7.01. The first kappa shape index (κ1) is 20.3. The van der Waals surface area contributed by atoms with E-state index in [0.29, 0.717) is 24.3 Å². The summed E-state index contributed by atoms with van der Waals surface area (Å²) >= 11 is 0. The molecular weight excluding hydrogens is 399 g/mol. The van der Waals surface area contributed by atoms with Crippen molar-refractivity contribution >= 4 is 16.8 Å². The topological polar surface area (TPSA) is 78.2 Å². The monoisotopic (exact) mass is 420 g/mol. The lowest BCUT2D eigenvalue weighted by Crippen LogP contribution is -2.35. The zero-order valence-corrected chi connectivity index (χ0v) is 16.9. The number of hydrogen-bond donors (Lipinski definition) is 1. The number of benzene rings is 2. The molecule has 2 aromatic carbocycles. The predicted octanol–water partition coefficient (Wildman–Crippen LogP) is 2.83. The number of halogens is 1. The molecule has 0 aliphatic heterocycles. The molecule has 2 aromatic heterocycles.